The number of hydrogen-bond donors (Lipinski definition) is 1. The summed E-state index contributed by atoms with van der Waals surface area (Å²) in [6.07, 6.45) is 4.08. The van der Waals surface area contributed by atoms with Crippen molar-refractivity contribution in [1.29, 1.82) is 0 Å². The lowest BCUT2D eigenvalue weighted by Gasteiger charge is -2.37. The molecule has 2 aliphatic heterocycles. The summed E-state index contributed by atoms with van der Waals surface area (Å²) in [6, 6.07) is 14.5. The number of hydrogen-bond acceptors (Lipinski definition) is 4. The summed E-state index contributed by atoms with van der Waals surface area (Å²) < 4.78 is 5.25. The van der Waals surface area contributed by atoms with Crippen LogP contribution in [0.4, 0.5) is 0 Å². The molecule has 31 heavy (non-hydrogen) atoms. The normalized spacial score (nSPS) is 18.5. The van der Waals surface area contributed by atoms with E-state index in [2.05, 4.69) is 50.4 Å². The van der Waals surface area contributed by atoms with Crippen LogP contribution in [-0.2, 0) is 0 Å². The molecule has 0 saturated carbocycles. The van der Waals surface area contributed by atoms with E-state index in [1.54, 1.807) is 18.4 Å². The van der Waals surface area contributed by atoms with Gasteiger partial charge in [-0.1, -0.05) is 30.3 Å². The van der Waals surface area contributed by atoms with Crippen molar-refractivity contribution < 1.29 is 9.21 Å². The highest BCUT2D eigenvalue weighted by molar-refractivity contribution is 14.0. The fourth-order valence-electron chi connectivity index (χ4n) is 4.38. The van der Waals surface area contributed by atoms with Crippen LogP contribution in [0, 0.1) is 0 Å². The number of likely N-dealkylation sites (tertiary alicyclic amines) is 1. The van der Waals surface area contributed by atoms with Crippen LogP contribution in [0.5, 0.6) is 0 Å². The van der Waals surface area contributed by atoms with E-state index in [0.29, 0.717) is 24.9 Å². The monoisotopic (exact) mass is 537 g/mol. The molecular weight excluding hydrogens is 505 g/mol. The Kier molecular flexibility index (Phi) is 8.77. The number of aliphatic imine (C=N–C) groups is 1. The van der Waals surface area contributed by atoms with Crippen molar-refractivity contribution in [3.05, 3.63) is 60.1 Å². The number of piperazine rings is 1. The first-order valence-electron chi connectivity index (χ1n) is 10.8. The second-order valence-electron chi connectivity index (χ2n) is 7.85. The molecule has 3 heterocycles. The number of carbonyl (C=O) groups is 1. The summed E-state index contributed by atoms with van der Waals surface area (Å²) >= 11 is 0. The number of carbonyl (C=O) groups excluding carboxylic acids is 1. The van der Waals surface area contributed by atoms with Gasteiger partial charge >= 0.3 is 0 Å². The predicted molar refractivity (Wildman–Crippen MR) is 133 cm³/mol. The molecular formula is C23H32IN5O2. The zero-order valence-corrected chi connectivity index (χ0v) is 20.4. The standard InChI is InChI=1S/C23H31N5O2.HI/c1-24-23(28-15-13-27(14-16-28)22(29)21-10-7-17-30-21)25-18-20(26-11-5-6-12-26)19-8-3-2-4-9-19;/h2-4,7-10,17,20H,5-6,11-16,18H2,1H3,(H,24,25);1H. The molecule has 2 aromatic rings. The van der Waals surface area contributed by atoms with E-state index in [0.717, 1.165) is 38.7 Å². The number of amides is 1. The van der Waals surface area contributed by atoms with Gasteiger partial charge in [0.25, 0.3) is 5.91 Å². The zero-order chi connectivity index (χ0) is 20.8. The van der Waals surface area contributed by atoms with Gasteiger partial charge in [-0.3, -0.25) is 14.7 Å². The third-order valence-electron chi connectivity index (χ3n) is 6.03. The maximum atomic E-state index is 12.5. The second kappa shape index (κ2) is 11.5. The highest BCUT2D eigenvalue weighted by atomic mass is 127. The van der Waals surface area contributed by atoms with E-state index in [-0.39, 0.29) is 29.9 Å². The average Bonchev–Trinajstić information content (AvgIpc) is 3.52. The van der Waals surface area contributed by atoms with E-state index in [9.17, 15) is 4.79 Å². The van der Waals surface area contributed by atoms with E-state index in [1.807, 2.05) is 11.9 Å². The molecule has 4 rings (SSSR count). The molecule has 8 heteroatoms. The van der Waals surface area contributed by atoms with Crippen LogP contribution in [0.15, 0.2) is 58.1 Å². The molecule has 1 amide bonds. The molecule has 2 fully saturated rings. The topological polar surface area (TPSA) is 64.3 Å². The third kappa shape index (κ3) is 5.79. The molecule has 2 saturated heterocycles. The summed E-state index contributed by atoms with van der Waals surface area (Å²) in [5.74, 6) is 1.27. The number of nitrogens with one attached hydrogen (secondary N) is 1. The number of guanidine groups is 1. The van der Waals surface area contributed by atoms with Crippen LogP contribution >= 0.6 is 24.0 Å². The number of benzene rings is 1. The van der Waals surface area contributed by atoms with Crippen molar-refractivity contribution in [2.75, 3.05) is 52.9 Å². The van der Waals surface area contributed by atoms with Gasteiger partial charge in [-0.05, 0) is 43.6 Å². The van der Waals surface area contributed by atoms with Gasteiger partial charge in [-0.15, -0.1) is 24.0 Å². The van der Waals surface area contributed by atoms with Gasteiger partial charge in [0.1, 0.15) is 0 Å². The van der Waals surface area contributed by atoms with Crippen molar-refractivity contribution in [2.45, 2.75) is 18.9 Å². The van der Waals surface area contributed by atoms with Crippen molar-refractivity contribution in [3.8, 4) is 0 Å². The highest BCUT2D eigenvalue weighted by Crippen LogP contribution is 2.24. The van der Waals surface area contributed by atoms with Gasteiger partial charge in [0.05, 0.1) is 12.3 Å². The summed E-state index contributed by atoms with van der Waals surface area (Å²) in [7, 11) is 1.83. The van der Waals surface area contributed by atoms with E-state index >= 15 is 0 Å². The van der Waals surface area contributed by atoms with Crippen LogP contribution in [0.2, 0.25) is 0 Å². The first-order chi connectivity index (χ1) is 14.8. The van der Waals surface area contributed by atoms with Gasteiger partial charge in [0, 0.05) is 39.8 Å². The maximum absolute atomic E-state index is 12.5. The lowest BCUT2D eigenvalue weighted by Crippen LogP contribution is -2.54. The van der Waals surface area contributed by atoms with Crippen molar-refractivity contribution in [2.24, 2.45) is 4.99 Å². The quantitative estimate of drug-likeness (QED) is 0.361. The van der Waals surface area contributed by atoms with Gasteiger partial charge in [-0.25, -0.2) is 0 Å². The Morgan fingerprint density at radius 1 is 1.00 bits per heavy atom. The van der Waals surface area contributed by atoms with Gasteiger partial charge in [0.15, 0.2) is 11.7 Å². The number of furan rings is 1. The lowest BCUT2D eigenvalue weighted by atomic mass is 10.1. The fraction of sp³-hybridized carbons (Fsp3) is 0.478. The second-order valence-corrected chi connectivity index (χ2v) is 7.85. The van der Waals surface area contributed by atoms with Crippen molar-refractivity contribution in [3.63, 3.8) is 0 Å². The van der Waals surface area contributed by atoms with Crippen molar-refractivity contribution >= 4 is 35.8 Å². The van der Waals surface area contributed by atoms with Crippen LogP contribution in [0.25, 0.3) is 0 Å². The maximum Gasteiger partial charge on any atom is 0.289 e. The molecule has 0 aliphatic carbocycles. The molecule has 1 unspecified atom stereocenters. The minimum atomic E-state index is -0.0410. The molecule has 0 radical (unpaired) electrons. The highest BCUT2D eigenvalue weighted by Gasteiger charge is 2.27. The van der Waals surface area contributed by atoms with Crippen LogP contribution in [0.1, 0.15) is 35.0 Å². The molecule has 0 spiro atoms. The first-order valence-corrected chi connectivity index (χ1v) is 10.8. The summed E-state index contributed by atoms with van der Waals surface area (Å²) in [4.78, 5) is 23.6. The molecule has 1 aromatic carbocycles. The van der Waals surface area contributed by atoms with Crippen LogP contribution < -0.4 is 5.32 Å². The largest absolute Gasteiger partial charge is 0.459 e. The lowest BCUT2D eigenvalue weighted by molar-refractivity contribution is 0.0657. The molecule has 1 atom stereocenters. The van der Waals surface area contributed by atoms with E-state index in [1.165, 1.54) is 18.4 Å². The first kappa shape index (κ1) is 23.6. The van der Waals surface area contributed by atoms with E-state index in [4.69, 9.17) is 4.42 Å². The van der Waals surface area contributed by atoms with E-state index < -0.39 is 0 Å². The van der Waals surface area contributed by atoms with Gasteiger partial charge < -0.3 is 19.5 Å². The zero-order valence-electron chi connectivity index (χ0n) is 18.1. The Morgan fingerprint density at radius 3 is 2.29 bits per heavy atom. The minimum absolute atomic E-state index is 0. The van der Waals surface area contributed by atoms with Crippen molar-refractivity contribution in [1.82, 2.24) is 20.0 Å². The number of halogens is 1. The minimum Gasteiger partial charge on any atom is -0.459 e. The van der Waals surface area contributed by atoms with Crippen LogP contribution in [-0.4, -0.2) is 79.4 Å². The Bertz CT molecular complexity index is 829. The number of nitrogens with zero attached hydrogens (tertiary/aromatic N) is 4. The fourth-order valence-corrected chi connectivity index (χ4v) is 4.38. The smallest absolute Gasteiger partial charge is 0.289 e. The Labute approximate surface area is 201 Å². The molecule has 2 aliphatic rings. The predicted octanol–water partition coefficient (Wildman–Crippen LogP) is 3.07. The molecule has 0 bridgehead atoms. The Balaban J connectivity index is 0.00000272. The third-order valence-corrected chi connectivity index (χ3v) is 6.03. The summed E-state index contributed by atoms with van der Waals surface area (Å²) in [5, 5.41) is 3.60. The molecule has 1 aromatic heterocycles. The molecule has 7 nitrogen and oxygen atoms in total. The molecule has 168 valence electrons. The summed E-state index contributed by atoms with van der Waals surface area (Å²) in [6.45, 7) is 5.95. The SMILES string of the molecule is CN=C(NCC(c1ccccc1)N1CCCC1)N1CCN(C(=O)c2ccco2)CC1.I. The molecule has 1 N–H and O–H groups in total. The van der Waals surface area contributed by atoms with Gasteiger partial charge in [-0.2, -0.15) is 0 Å². The van der Waals surface area contributed by atoms with Crippen LogP contribution in [0.3, 0.4) is 0 Å². The van der Waals surface area contributed by atoms with Gasteiger partial charge in [0.2, 0.25) is 0 Å². The Morgan fingerprint density at radius 2 is 1.68 bits per heavy atom. The number of rotatable bonds is 5. The summed E-state index contributed by atoms with van der Waals surface area (Å²) in [5.41, 5.74) is 1.34. The average molecular weight is 537 g/mol. The Hall–Kier alpha value is -2.07.